The molecule has 0 unspecified atom stereocenters. The maximum absolute atomic E-state index is 12.2. The first-order valence-corrected chi connectivity index (χ1v) is 10.6. The van der Waals surface area contributed by atoms with E-state index in [2.05, 4.69) is 22.1 Å². The third kappa shape index (κ3) is 7.02. The number of H-pyrrole nitrogens is 1. The van der Waals surface area contributed by atoms with Crippen LogP contribution in [0, 0.1) is 0 Å². The molecule has 5 nitrogen and oxygen atoms in total. The molecule has 2 aromatic heterocycles. The van der Waals surface area contributed by atoms with E-state index in [1.165, 1.54) is 5.56 Å². The van der Waals surface area contributed by atoms with Crippen LogP contribution in [0.4, 0.5) is 0 Å². The van der Waals surface area contributed by atoms with Crippen molar-refractivity contribution in [3.8, 4) is 0 Å². The Balaban J connectivity index is 1.25. The van der Waals surface area contributed by atoms with E-state index in [1.54, 1.807) is 30.5 Å². The standard InChI is InChI=1S/C22H26N2O3S/c25-21-20(14-19-10-12-27-17-19)15-23-22(24-21)28-13-7-2-1-6-11-26-16-18-8-4-3-5-9-18/h3-5,8-10,12,15,17H,1-2,6-7,11,13-14,16H2,(H,23,24,25). The summed E-state index contributed by atoms with van der Waals surface area (Å²) in [5.74, 6) is 0.953. The molecule has 0 saturated heterocycles. The number of benzene rings is 1. The largest absolute Gasteiger partial charge is 0.472 e. The predicted octanol–water partition coefficient (Wildman–Crippen LogP) is 4.82. The fourth-order valence-corrected chi connectivity index (χ4v) is 3.64. The fraction of sp³-hybridized carbons (Fsp3) is 0.364. The molecule has 148 valence electrons. The third-order valence-electron chi connectivity index (χ3n) is 4.36. The highest BCUT2D eigenvalue weighted by Gasteiger charge is 2.05. The van der Waals surface area contributed by atoms with Gasteiger partial charge < -0.3 is 14.1 Å². The number of aromatic amines is 1. The summed E-state index contributed by atoms with van der Waals surface area (Å²) in [5.41, 5.74) is 2.77. The van der Waals surface area contributed by atoms with Gasteiger partial charge in [0.2, 0.25) is 0 Å². The van der Waals surface area contributed by atoms with E-state index >= 15 is 0 Å². The van der Waals surface area contributed by atoms with Crippen LogP contribution >= 0.6 is 11.8 Å². The molecular formula is C22H26N2O3S. The van der Waals surface area contributed by atoms with Gasteiger partial charge in [0.15, 0.2) is 5.16 Å². The Labute approximate surface area is 169 Å². The number of aromatic nitrogens is 2. The third-order valence-corrected chi connectivity index (χ3v) is 5.33. The zero-order chi connectivity index (χ0) is 19.4. The molecule has 0 radical (unpaired) electrons. The summed E-state index contributed by atoms with van der Waals surface area (Å²) in [6.45, 7) is 1.49. The number of nitrogens with one attached hydrogen (secondary N) is 1. The zero-order valence-electron chi connectivity index (χ0n) is 15.9. The molecule has 0 amide bonds. The second kappa shape index (κ2) is 11.5. The van der Waals surface area contributed by atoms with E-state index in [0.29, 0.717) is 23.7 Å². The van der Waals surface area contributed by atoms with Crippen LogP contribution < -0.4 is 5.56 Å². The van der Waals surface area contributed by atoms with E-state index in [4.69, 9.17) is 9.15 Å². The lowest BCUT2D eigenvalue weighted by atomic mass is 10.1. The lowest BCUT2D eigenvalue weighted by Crippen LogP contribution is -2.14. The highest BCUT2D eigenvalue weighted by atomic mass is 32.2. The number of nitrogens with zero attached hydrogens (tertiary/aromatic N) is 1. The normalized spacial score (nSPS) is 11.0. The van der Waals surface area contributed by atoms with Crippen molar-refractivity contribution in [2.75, 3.05) is 12.4 Å². The summed E-state index contributed by atoms with van der Waals surface area (Å²) >= 11 is 1.60. The molecule has 6 heteroatoms. The van der Waals surface area contributed by atoms with Crippen LogP contribution in [0.5, 0.6) is 0 Å². The summed E-state index contributed by atoms with van der Waals surface area (Å²) in [5, 5.41) is 0.687. The van der Waals surface area contributed by atoms with Gasteiger partial charge in [0.05, 0.1) is 19.1 Å². The Morgan fingerprint density at radius 2 is 1.89 bits per heavy atom. The van der Waals surface area contributed by atoms with Gasteiger partial charge in [-0.25, -0.2) is 4.98 Å². The number of furan rings is 1. The zero-order valence-corrected chi connectivity index (χ0v) is 16.7. The van der Waals surface area contributed by atoms with Gasteiger partial charge in [0.1, 0.15) is 0 Å². The second-order valence-electron chi connectivity index (χ2n) is 6.65. The van der Waals surface area contributed by atoms with E-state index in [1.807, 2.05) is 24.3 Å². The minimum absolute atomic E-state index is 0.0748. The van der Waals surface area contributed by atoms with Crippen LogP contribution in [0.1, 0.15) is 42.4 Å². The summed E-state index contributed by atoms with van der Waals surface area (Å²) in [6.07, 6.45) is 9.95. The molecule has 2 heterocycles. The number of thioether (sulfide) groups is 1. The quantitative estimate of drug-likeness (QED) is 0.269. The van der Waals surface area contributed by atoms with Crippen molar-refractivity contribution in [1.82, 2.24) is 9.97 Å². The van der Waals surface area contributed by atoms with Crippen molar-refractivity contribution < 1.29 is 9.15 Å². The predicted molar refractivity (Wildman–Crippen MR) is 112 cm³/mol. The molecule has 0 bridgehead atoms. The number of ether oxygens (including phenoxy) is 1. The number of unbranched alkanes of at least 4 members (excludes halogenated alkanes) is 3. The number of hydrogen-bond donors (Lipinski definition) is 1. The highest BCUT2D eigenvalue weighted by molar-refractivity contribution is 7.99. The van der Waals surface area contributed by atoms with Crippen molar-refractivity contribution >= 4 is 11.8 Å². The molecule has 3 rings (SSSR count). The van der Waals surface area contributed by atoms with Gasteiger partial charge in [0, 0.05) is 30.5 Å². The van der Waals surface area contributed by atoms with Crippen LogP contribution in [0.3, 0.4) is 0 Å². The highest BCUT2D eigenvalue weighted by Crippen LogP contribution is 2.15. The lowest BCUT2D eigenvalue weighted by molar-refractivity contribution is 0.117. The topological polar surface area (TPSA) is 68.1 Å². The first kappa shape index (κ1) is 20.4. The Bertz CT molecular complexity index is 863. The van der Waals surface area contributed by atoms with Gasteiger partial charge in [-0.3, -0.25) is 4.79 Å². The van der Waals surface area contributed by atoms with Crippen molar-refractivity contribution in [3.63, 3.8) is 0 Å². The average Bonchev–Trinajstić information content (AvgIpc) is 3.23. The molecule has 1 aromatic carbocycles. The van der Waals surface area contributed by atoms with Crippen LogP contribution in [-0.2, 0) is 17.8 Å². The molecule has 0 aliphatic rings. The molecule has 3 aromatic rings. The van der Waals surface area contributed by atoms with Gasteiger partial charge in [-0.15, -0.1) is 0 Å². The van der Waals surface area contributed by atoms with Gasteiger partial charge >= 0.3 is 0 Å². The van der Waals surface area contributed by atoms with Crippen LogP contribution in [0.25, 0.3) is 0 Å². The minimum atomic E-state index is -0.0748. The number of rotatable bonds is 12. The molecule has 0 atom stereocenters. The number of hydrogen-bond acceptors (Lipinski definition) is 5. The smallest absolute Gasteiger partial charge is 0.255 e. The minimum Gasteiger partial charge on any atom is -0.472 e. The van der Waals surface area contributed by atoms with Gasteiger partial charge in [-0.2, -0.15) is 0 Å². The molecule has 1 N–H and O–H groups in total. The summed E-state index contributed by atoms with van der Waals surface area (Å²) in [4.78, 5) is 19.4. The maximum Gasteiger partial charge on any atom is 0.255 e. The monoisotopic (exact) mass is 398 g/mol. The molecule has 0 aliphatic heterocycles. The first-order chi connectivity index (χ1) is 13.8. The average molecular weight is 399 g/mol. The SMILES string of the molecule is O=c1[nH]c(SCCCCCCOCc2ccccc2)ncc1Cc1ccoc1. The maximum atomic E-state index is 12.2. The summed E-state index contributed by atoms with van der Waals surface area (Å²) < 4.78 is 10.7. The van der Waals surface area contributed by atoms with Crippen LogP contribution in [-0.4, -0.2) is 22.3 Å². The molecule has 0 fully saturated rings. The van der Waals surface area contributed by atoms with Crippen LogP contribution in [0.15, 0.2) is 69.5 Å². The van der Waals surface area contributed by atoms with E-state index in [-0.39, 0.29) is 5.56 Å². The summed E-state index contributed by atoms with van der Waals surface area (Å²) in [6, 6.07) is 12.1. The lowest BCUT2D eigenvalue weighted by Gasteiger charge is -2.05. The Hall–Kier alpha value is -2.31. The van der Waals surface area contributed by atoms with Crippen molar-refractivity contribution in [2.45, 2.75) is 43.9 Å². The second-order valence-corrected chi connectivity index (χ2v) is 7.74. The van der Waals surface area contributed by atoms with Gasteiger partial charge in [-0.05, 0) is 30.0 Å². The molecule has 0 spiro atoms. The Morgan fingerprint density at radius 1 is 1.04 bits per heavy atom. The molecule has 28 heavy (non-hydrogen) atoms. The van der Waals surface area contributed by atoms with E-state index in [9.17, 15) is 4.79 Å². The van der Waals surface area contributed by atoms with E-state index < -0.39 is 0 Å². The van der Waals surface area contributed by atoms with Gasteiger partial charge in [-0.1, -0.05) is 54.9 Å². The van der Waals surface area contributed by atoms with Crippen LogP contribution in [0.2, 0.25) is 0 Å². The molecular weight excluding hydrogens is 372 g/mol. The van der Waals surface area contributed by atoms with Gasteiger partial charge in [0.25, 0.3) is 5.56 Å². The Morgan fingerprint density at radius 3 is 2.68 bits per heavy atom. The van der Waals surface area contributed by atoms with Crippen molar-refractivity contribution in [3.05, 3.63) is 82.2 Å². The molecule has 0 aliphatic carbocycles. The van der Waals surface area contributed by atoms with Crippen molar-refractivity contribution in [2.24, 2.45) is 0 Å². The Kier molecular flexibility index (Phi) is 8.40. The fourth-order valence-electron chi connectivity index (χ4n) is 2.81. The molecule has 0 saturated carbocycles. The first-order valence-electron chi connectivity index (χ1n) is 9.65. The van der Waals surface area contributed by atoms with Crippen molar-refractivity contribution in [1.29, 1.82) is 0 Å². The summed E-state index contributed by atoms with van der Waals surface area (Å²) in [7, 11) is 0. The van der Waals surface area contributed by atoms with E-state index in [0.717, 1.165) is 43.6 Å².